The van der Waals surface area contributed by atoms with Gasteiger partial charge in [-0.2, -0.15) is 0 Å². The molecule has 0 bridgehead atoms. The zero-order chi connectivity index (χ0) is 20.0. The summed E-state index contributed by atoms with van der Waals surface area (Å²) in [5.74, 6) is -0.809. The Bertz CT molecular complexity index is 865. The number of nitrogens with zero attached hydrogens (tertiary/aromatic N) is 2. The molecule has 0 aliphatic heterocycles. The lowest BCUT2D eigenvalue weighted by Crippen LogP contribution is -2.31. The van der Waals surface area contributed by atoms with Crippen molar-refractivity contribution in [1.29, 1.82) is 0 Å². The van der Waals surface area contributed by atoms with Gasteiger partial charge in [-0.25, -0.2) is 0 Å². The average Bonchev–Trinajstić information content (AvgIpc) is 2.66. The molecule has 0 saturated heterocycles. The Labute approximate surface area is 157 Å². The molecular formula is C19H22N4O4. The van der Waals surface area contributed by atoms with Crippen LogP contribution >= 0.6 is 0 Å². The number of nitrogens with one attached hydrogen (secondary N) is 2. The maximum absolute atomic E-state index is 12.9. The van der Waals surface area contributed by atoms with Crippen LogP contribution in [0.15, 0.2) is 42.5 Å². The molecule has 2 aromatic rings. The third-order valence-electron chi connectivity index (χ3n) is 3.99. The van der Waals surface area contributed by atoms with Crippen LogP contribution < -0.4 is 15.5 Å². The molecule has 0 saturated carbocycles. The maximum atomic E-state index is 12.9. The van der Waals surface area contributed by atoms with Gasteiger partial charge in [0.2, 0.25) is 0 Å². The van der Waals surface area contributed by atoms with Gasteiger partial charge >= 0.3 is 0 Å². The molecule has 8 nitrogen and oxygen atoms in total. The van der Waals surface area contributed by atoms with Crippen LogP contribution in [0.25, 0.3) is 0 Å². The Kier molecular flexibility index (Phi) is 6.62. The minimum atomic E-state index is -0.525. The van der Waals surface area contributed by atoms with Crippen LogP contribution in [0.5, 0.6) is 0 Å². The van der Waals surface area contributed by atoms with E-state index in [4.69, 9.17) is 0 Å². The lowest BCUT2D eigenvalue weighted by molar-refractivity contribution is -0.384. The molecule has 8 heteroatoms. The van der Waals surface area contributed by atoms with Gasteiger partial charge in [-0.15, -0.1) is 0 Å². The third-order valence-corrected chi connectivity index (χ3v) is 3.99. The number of ketones is 1. The van der Waals surface area contributed by atoms with E-state index >= 15 is 0 Å². The predicted octanol–water partition coefficient (Wildman–Crippen LogP) is 1.84. The molecule has 0 aliphatic rings. The van der Waals surface area contributed by atoms with E-state index in [1.807, 2.05) is 0 Å². The van der Waals surface area contributed by atoms with Gasteiger partial charge in [0, 0.05) is 44.4 Å². The number of benzene rings is 2. The second-order valence-electron chi connectivity index (χ2n) is 6.09. The number of rotatable bonds is 8. The molecular weight excluding hydrogens is 348 g/mol. The summed E-state index contributed by atoms with van der Waals surface area (Å²) in [5, 5.41) is 17.0. The van der Waals surface area contributed by atoms with Gasteiger partial charge in [-0.05, 0) is 25.2 Å². The highest BCUT2D eigenvalue weighted by Crippen LogP contribution is 2.29. The average molecular weight is 370 g/mol. The smallest absolute Gasteiger partial charge is 0.293 e. The molecule has 0 aromatic heterocycles. The first-order valence-electron chi connectivity index (χ1n) is 8.39. The Morgan fingerprint density at radius 3 is 2.33 bits per heavy atom. The van der Waals surface area contributed by atoms with Crippen LogP contribution in [-0.4, -0.2) is 50.8 Å². The summed E-state index contributed by atoms with van der Waals surface area (Å²) >= 11 is 0. The first-order valence-corrected chi connectivity index (χ1v) is 8.39. The molecule has 0 fully saturated rings. The number of carbonyl (C=O) groups excluding carboxylic acids is 2. The molecule has 2 rings (SSSR count). The molecule has 142 valence electrons. The second kappa shape index (κ2) is 8.91. The number of nitro groups is 1. The van der Waals surface area contributed by atoms with Crippen molar-refractivity contribution in [2.45, 2.75) is 0 Å². The molecule has 1 amide bonds. The molecule has 0 atom stereocenters. The van der Waals surface area contributed by atoms with Crippen molar-refractivity contribution < 1.29 is 14.5 Å². The van der Waals surface area contributed by atoms with E-state index in [0.29, 0.717) is 18.8 Å². The van der Waals surface area contributed by atoms with Crippen LogP contribution in [0.1, 0.15) is 26.3 Å². The number of carbonyl (C=O) groups is 2. The summed E-state index contributed by atoms with van der Waals surface area (Å²) in [6.07, 6.45) is 0. The molecule has 0 heterocycles. The highest BCUT2D eigenvalue weighted by atomic mass is 16.6. The van der Waals surface area contributed by atoms with E-state index in [2.05, 4.69) is 10.6 Å². The van der Waals surface area contributed by atoms with E-state index in [-0.39, 0.29) is 28.3 Å². The van der Waals surface area contributed by atoms with Crippen molar-refractivity contribution in [3.8, 4) is 0 Å². The number of likely N-dealkylation sites (N-methyl/N-ethyl adjacent to an activating group) is 1. The molecule has 0 spiro atoms. The zero-order valence-corrected chi connectivity index (χ0v) is 15.5. The fraction of sp³-hybridized carbons (Fsp3) is 0.263. The molecule has 2 aromatic carbocycles. The van der Waals surface area contributed by atoms with E-state index in [1.165, 1.54) is 18.2 Å². The minimum Gasteiger partial charge on any atom is -0.372 e. The van der Waals surface area contributed by atoms with Gasteiger partial charge < -0.3 is 15.5 Å². The Balaban J connectivity index is 2.40. The van der Waals surface area contributed by atoms with Gasteiger partial charge in [0.1, 0.15) is 5.69 Å². The van der Waals surface area contributed by atoms with E-state index in [1.54, 1.807) is 50.3 Å². The van der Waals surface area contributed by atoms with Gasteiger partial charge in [-0.3, -0.25) is 19.7 Å². The molecule has 0 unspecified atom stereocenters. The van der Waals surface area contributed by atoms with E-state index < -0.39 is 10.7 Å². The fourth-order valence-electron chi connectivity index (χ4n) is 2.62. The summed E-state index contributed by atoms with van der Waals surface area (Å²) in [6.45, 7) is 1.01. The largest absolute Gasteiger partial charge is 0.372 e. The number of anilines is 1. The monoisotopic (exact) mass is 370 g/mol. The predicted molar refractivity (Wildman–Crippen MR) is 104 cm³/mol. The molecule has 0 radical (unpaired) electrons. The Hall–Kier alpha value is -3.26. The van der Waals surface area contributed by atoms with Crippen LogP contribution in [0.2, 0.25) is 0 Å². The maximum Gasteiger partial charge on any atom is 0.293 e. The van der Waals surface area contributed by atoms with Crippen molar-refractivity contribution in [2.24, 2.45) is 0 Å². The first-order chi connectivity index (χ1) is 12.9. The van der Waals surface area contributed by atoms with Gasteiger partial charge in [0.25, 0.3) is 11.6 Å². The van der Waals surface area contributed by atoms with Crippen molar-refractivity contribution in [2.75, 3.05) is 39.1 Å². The molecule has 27 heavy (non-hydrogen) atoms. The summed E-state index contributed by atoms with van der Waals surface area (Å²) < 4.78 is 0. The van der Waals surface area contributed by atoms with Gasteiger partial charge in [-0.1, -0.05) is 18.2 Å². The van der Waals surface area contributed by atoms with E-state index in [9.17, 15) is 19.7 Å². The normalized spacial score (nSPS) is 10.3. The Morgan fingerprint density at radius 1 is 1.07 bits per heavy atom. The molecule has 2 N–H and O–H groups in total. The number of nitro benzene ring substituents is 1. The molecule has 0 aliphatic carbocycles. The highest BCUT2D eigenvalue weighted by Gasteiger charge is 2.22. The second-order valence-corrected chi connectivity index (χ2v) is 6.09. The first kappa shape index (κ1) is 20.1. The van der Waals surface area contributed by atoms with Crippen LogP contribution in [0.4, 0.5) is 11.4 Å². The number of hydrogen-bond acceptors (Lipinski definition) is 6. The van der Waals surface area contributed by atoms with E-state index in [0.717, 1.165) is 0 Å². The van der Waals surface area contributed by atoms with Crippen LogP contribution in [-0.2, 0) is 0 Å². The summed E-state index contributed by atoms with van der Waals surface area (Å²) in [5.41, 5.74) is 0.823. The minimum absolute atomic E-state index is 0.155. The van der Waals surface area contributed by atoms with Crippen molar-refractivity contribution in [1.82, 2.24) is 10.6 Å². The quantitative estimate of drug-likeness (QED) is 0.318. The van der Waals surface area contributed by atoms with Gasteiger partial charge in [0.05, 0.1) is 10.5 Å². The third kappa shape index (κ3) is 4.68. The lowest BCUT2D eigenvalue weighted by Gasteiger charge is -2.14. The topological polar surface area (TPSA) is 105 Å². The van der Waals surface area contributed by atoms with Crippen LogP contribution in [0.3, 0.4) is 0 Å². The van der Waals surface area contributed by atoms with Gasteiger partial charge in [0.15, 0.2) is 5.78 Å². The standard InChI is InChI=1S/C19H22N4O4/c1-20-10-11-21-19(25)15-7-5-4-6-14(15)18(24)13-8-9-16(22(2)3)17(12-13)23(26)27/h4-9,12,20H,10-11H2,1-3H3,(H,21,25). The van der Waals surface area contributed by atoms with Crippen molar-refractivity contribution in [3.05, 3.63) is 69.3 Å². The van der Waals surface area contributed by atoms with Crippen LogP contribution in [0, 0.1) is 10.1 Å². The zero-order valence-electron chi connectivity index (χ0n) is 15.5. The summed E-state index contributed by atoms with van der Waals surface area (Å²) in [7, 11) is 5.15. The van der Waals surface area contributed by atoms with Crippen molar-refractivity contribution in [3.63, 3.8) is 0 Å². The fourth-order valence-corrected chi connectivity index (χ4v) is 2.62. The number of amides is 1. The summed E-state index contributed by atoms with van der Waals surface area (Å²) in [4.78, 5) is 37.8. The highest BCUT2D eigenvalue weighted by molar-refractivity contribution is 6.15. The lowest BCUT2D eigenvalue weighted by atomic mass is 9.97. The van der Waals surface area contributed by atoms with Crippen molar-refractivity contribution >= 4 is 23.1 Å². The SMILES string of the molecule is CNCCNC(=O)c1ccccc1C(=O)c1ccc(N(C)C)c([N+](=O)[O-])c1. The number of hydrogen-bond donors (Lipinski definition) is 2. The summed E-state index contributed by atoms with van der Waals surface area (Å²) in [6, 6.07) is 10.7. The Morgan fingerprint density at radius 2 is 1.74 bits per heavy atom.